The van der Waals surface area contributed by atoms with Gasteiger partial charge in [0.15, 0.2) is 0 Å². The minimum absolute atomic E-state index is 0.0858. The molecule has 1 aliphatic heterocycles. The molecule has 0 aliphatic carbocycles. The van der Waals surface area contributed by atoms with E-state index in [9.17, 15) is 24.0 Å². The smallest absolute Gasteiger partial charge is 0.328 e. The molecule has 3 amide bonds. The summed E-state index contributed by atoms with van der Waals surface area (Å²) in [6.07, 6.45) is 0.852. The van der Waals surface area contributed by atoms with Gasteiger partial charge in [0.2, 0.25) is 17.7 Å². The normalized spacial score (nSPS) is 19.7. The van der Waals surface area contributed by atoms with Gasteiger partial charge in [0.05, 0.1) is 12.6 Å². The lowest BCUT2D eigenvalue weighted by atomic mass is 9.98. The van der Waals surface area contributed by atoms with Crippen LogP contribution in [0.4, 0.5) is 0 Å². The molecule has 1 heterocycles. The number of carbonyl (C=O) groups excluding carboxylic acids is 3. The molecule has 0 aromatic heterocycles. The van der Waals surface area contributed by atoms with Crippen LogP contribution in [0.15, 0.2) is 0 Å². The van der Waals surface area contributed by atoms with E-state index in [4.69, 9.17) is 21.1 Å². The van der Waals surface area contributed by atoms with Crippen LogP contribution in [0.3, 0.4) is 0 Å². The van der Waals surface area contributed by atoms with Crippen LogP contribution in [0, 0.1) is 5.92 Å². The first-order valence-electron chi connectivity index (χ1n) is 10.3. The number of amides is 3. The lowest BCUT2D eigenvalue weighted by Crippen LogP contribution is -2.57. The Morgan fingerprint density at radius 3 is 2.29 bits per heavy atom. The summed E-state index contributed by atoms with van der Waals surface area (Å²) in [5, 5.41) is 31.5. The largest absolute Gasteiger partial charge is 0.481 e. The first-order chi connectivity index (χ1) is 14.5. The fourth-order valence-electron chi connectivity index (χ4n) is 3.25. The van der Waals surface area contributed by atoms with Gasteiger partial charge in [-0.1, -0.05) is 20.3 Å². The Morgan fingerprint density at radius 1 is 1.13 bits per heavy atom. The average molecular weight is 444 g/mol. The summed E-state index contributed by atoms with van der Waals surface area (Å²) in [4.78, 5) is 61.3. The second-order valence-corrected chi connectivity index (χ2v) is 7.68. The Kier molecular flexibility index (Phi) is 10.4. The van der Waals surface area contributed by atoms with Gasteiger partial charge >= 0.3 is 11.9 Å². The third kappa shape index (κ3) is 7.47. The van der Waals surface area contributed by atoms with Crippen molar-refractivity contribution in [1.29, 1.82) is 0 Å². The Hall–Kier alpha value is -2.73. The summed E-state index contributed by atoms with van der Waals surface area (Å²) in [6, 6.07) is -4.59. The van der Waals surface area contributed by atoms with Crippen LogP contribution in [0.25, 0.3) is 0 Å². The van der Waals surface area contributed by atoms with Gasteiger partial charge in [-0.3, -0.25) is 19.2 Å². The molecular formula is C19H32N4O8. The van der Waals surface area contributed by atoms with Crippen molar-refractivity contribution in [1.82, 2.24) is 15.5 Å². The molecule has 0 aromatic carbocycles. The number of nitrogens with two attached hydrogens (primary N) is 1. The number of carboxylic acids is 2. The lowest BCUT2D eigenvalue weighted by molar-refractivity contribution is -0.144. The van der Waals surface area contributed by atoms with Crippen molar-refractivity contribution < 1.29 is 39.3 Å². The van der Waals surface area contributed by atoms with Crippen LogP contribution in [-0.2, 0) is 24.0 Å². The van der Waals surface area contributed by atoms with E-state index in [1.807, 2.05) is 13.8 Å². The molecule has 1 aliphatic rings. The number of aliphatic carboxylic acids is 2. The first-order valence-corrected chi connectivity index (χ1v) is 10.3. The first kappa shape index (κ1) is 26.3. The maximum atomic E-state index is 12.8. The molecule has 7 N–H and O–H groups in total. The molecule has 31 heavy (non-hydrogen) atoms. The van der Waals surface area contributed by atoms with E-state index in [0.29, 0.717) is 25.8 Å². The molecule has 1 fully saturated rings. The van der Waals surface area contributed by atoms with Crippen molar-refractivity contribution in [3.63, 3.8) is 0 Å². The maximum Gasteiger partial charge on any atom is 0.328 e. The maximum absolute atomic E-state index is 12.8. The Morgan fingerprint density at radius 2 is 1.77 bits per heavy atom. The topological polar surface area (TPSA) is 199 Å². The molecule has 0 saturated carbocycles. The van der Waals surface area contributed by atoms with Crippen molar-refractivity contribution in [2.24, 2.45) is 11.7 Å². The molecular weight excluding hydrogens is 412 g/mol. The van der Waals surface area contributed by atoms with E-state index in [2.05, 4.69) is 10.6 Å². The minimum Gasteiger partial charge on any atom is -0.481 e. The highest BCUT2D eigenvalue weighted by atomic mass is 16.4. The monoisotopic (exact) mass is 444 g/mol. The van der Waals surface area contributed by atoms with E-state index in [1.165, 1.54) is 4.90 Å². The molecule has 12 nitrogen and oxygen atoms in total. The highest BCUT2D eigenvalue weighted by Crippen LogP contribution is 2.21. The van der Waals surface area contributed by atoms with Gasteiger partial charge in [-0.05, 0) is 25.2 Å². The Labute approximate surface area is 180 Å². The van der Waals surface area contributed by atoms with E-state index < -0.39 is 60.9 Å². The third-order valence-electron chi connectivity index (χ3n) is 5.46. The predicted molar refractivity (Wildman–Crippen MR) is 108 cm³/mol. The summed E-state index contributed by atoms with van der Waals surface area (Å²) in [7, 11) is 0. The number of nitrogens with zero attached hydrogens (tertiary/aromatic N) is 1. The van der Waals surface area contributed by atoms with Crippen LogP contribution in [0.5, 0.6) is 0 Å². The summed E-state index contributed by atoms with van der Waals surface area (Å²) in [5.41, 5.74) is 6.01. The van der Waals surface area contributed by atoms with Crippen LogP contribution >= 0.6 is 0 Å². The number of hydrogen-bond donors (Lipinski definition) is 6. The van der Waals surface area contributed by atoms with Gasteiger partial charge < -0.3 is 36.6 Å². The minimum atomic E-state index is -1.60. The standard InChI is InChI=1S/C19H32N4O8/c1-3-10(2)15(20)18(29)23-8-4-5-13(23)17(28)21-11(6-7-14(25)26)16(27)22-12(9-24)19(30)31/h10-13,15,24H,3-9,20H2,1-2H3,(H,21,28)(H,22,27)(H,25,26)(H,30,31). The second-order valence-electron chi connectivity index (χ2n) is 7.68. The van der Waals surface area contributed by atoms with Gasteiger partial charge in [-0.2, -0.15) is 0 Å². The van der Waals surface area contributed by atoms with E-state index in [0.717, 1.165) is 0 Å². The molecule has 5 atom stereocenters. The van der Waals surface area contributed by atoms with Crippen molar-refractivity contribution in [2.75, 3.05) is 13.2 Å². The molecule has 12 heteroatoms. The molecule has 0 radical (unpaired) electrons. The van der Waals surface area contributed by atoms with Gasteiger partial charge in [0.1, 0.15) is 18.1 Å². The number of aliphatic hydroxyl groups is 1. The Balaban J connectivity index is 2.93. The van der Waals surface area contributed by atoms with Gasteiger partial charge in [0, 0.05) is 13.0 Å². The van der Waals surface area contributed by atoms with Crippen LogP contribution in [0.2, 0.25) is 0 Å². The zero-order valence-electron chi connectivity index (χ0n) is 17.7. The fourth-order valence-corrected chi connectivity index (χ4v) is 3.25. The summed E-state index contributed by atoms with van der Waals surface area (Å²) < 4.78 is 0. The predicted octanol–water partition coefficient (Wildman–Crippen LogP) is -1.74. The number of rotatable bonds is 12. The number of likely N-dealkylation sites (tertiary alicyclic amines) is 1. The molecule has 1 rings (SSSR count). The van der Waals surface area contributed by atoms with Gasteiger partial charge in [-0.25, -0.2) is 4.79 Å². The molecule has 1 saturated heterocycles. The summed E-state index contributed by atoms with van der Waals surface area (Å²) in [5.74, 6) is -4.74. The van der Waals surface area contributed by atoms with Crippen molar-refractivity contribution in [3.8, 4) is 0 Å². The number of carbonyl (C=O) groups is 5. The number of carboxylic acid groups (broad SMARTS) is 2. The van der Waals surface area contributed by atoms with Gasteiger partial charge in [-0.15, -0.1) is 0 Å². The quantitative estimate of drug-likeness (QED) is 0.202. The molecule has 176 valence electrons. The molecule has 5 unspecified atom stereocenters. The van der Waals surface area contributed by atoms with Crippen molar-refractivity contribution in [2.45, 2.75) is 70.1 Å². The van der Waals surface area contributed by atoms with Crippen molar-refractivity contribution in [3.05, 3.63) is 0 Å². The number of aliphatic hydroxyl groups excluding tert-OH is 1. The lowest BCUT2D eigenvalue weighted by Gasteiger charge is -2.30. The SMILES string of the molecule is CCC(C)C(N)C(=O)N1CCCC1C(=O)NC(CCC(=O)O)C(=O)NC(CO)C(=O)O. The van der Waals surface area contributed by atoms with Crippen LogP contribution in [0.1, 0.15) is 46.0 Å². The van der Waals surface area contributed by atoms with Crippen molar-refractivity contribution >= 4 is 29.7 Å². The molecule has 0 spiro atoms. The number of nitrogens with one attached hydrogen (secondary N) is 2. The summed E-state index contributed by atoms with van der Waals surface area (Å²) >= 11 is 0. The van der Waals surface area contributed by atoms with Crippen LogP contribution < -0.4 is 16.4 Å². The van der Waals surface area contributed by atoms with E-state index >= 15 is 0 Å². The van der Waals surface area contributed by atoms with E-state index in [-0.39, 0.29) is 18.2 Å². The third-order valence-corrected chi connectivity index (χ3v) is 5.46. The van der Waals surface area contributed by atoms with Gasteiger partial charge in [0.25, 0.3) is 0 Å². The van der Waals surface area contributed by atoms with E-state index in [1.54, 1.807) is 0 Å². The zero-order chi connectivity index (χ0) is 23.7. The van der Waals surface area contributed by atoms with Crippen LogP contribution in [-0.4, -0.2) is 87.2 Å². The highest BCUT2D eigenvalue weighted by Gasteiger charge is 2.38. The fraction of sp³-hybridized carbons (Fsp3) is 0.737. The molecule has 0 aromatic rings. The zero-order valence-corrected chi connectivity index (χ0v) is 17.7. The highest BCUT2D eigenvalue weighted by molar-refractivity contribution is 5.94. The average Bonchev–Trinajstić information content (AvgIpc) is 3.22. The molecule has 0 bridgehead atoms. The number of hydrogen-bond acceptors (Lipinski definition) is 7. The second kappa shape index (κ2) is 12.2. The summed E-state index contributed by atoms with van der Waals surface area (Å²) in [6.45, 7) is 3.19. The Bertz CT molecular complexity index is 686.